The number of nitrogens with zero attached hydrogens (tertiary/aromatic N) is 4. The molecule has 0 bridgehead atoms. The van der Waals surface area contributed by atoms with Gasteiger partial charge in [0, 0.05) is 52.4 Å². The van der Waals surface area contributed by atoms with Gasteiger partial charge in [0.2, 0.25) is 0 Å². The Kier molecular flexibility index (Phi) is 11.2. The van der Waals surface area contributed by atoms with Crippen molar-refractivity contribution in [1.29, 1.82) is 0 Å². The first-order valence-electron chi connectivity index (χ1n) is 10.5. The van der Waals surface area contributed by atoms with Crippen LogP contribution in [0.15, 0.2) is 47.7 Å². The molecule has 2 aromatic rings. The summed E-state index contributed by atoms with van der Waals surface area (Å²) in [5, 5.41) is 7.75. The fourth-order valence-electron chi connectivity index (χ4n) is 3.50. The molecule has 1 N–H and O–H groups in total. The lowest BCUT2D eigenvalue weighted by molar-refractivity contribution is 0.00990. The van der Waals surface area contributed by atoms with Crippen molar-refractivity contribution in [2.45, 2.75) is 38.8 Å². The molecule has 30 heavy (non-hydrogen) atoms. The highest BCUT2D eigenvalue weighted by atomic mass is 127. The van der Waals surface area contributed by atoms with E-state index in [2.05, 4.69) is 46.5 Å². The molecule has 1 aromatic carbocycles. The molecule has 7 nitrogen and oxygen atoms in total. The summed E-state index contributed by atoms with van der Waals surface area (Å²) in [4.78, 5) is 7.23. The van der Waals surface area contributed by atoms with Crippen LogP contribution in [-0.4, -0.2) is 66.7 Å². The average molecular weight is 527 g/mol. The lowest BCUT2D eigenvalue weighted by Crippen LogP contribution is -2.47. The highest BCUT2D eigenvalue weighted by molar-refractivity contribution is 14.0. The van der Waals surface area contributed by atoms with Gasteiger partial charge in [0.05, 0.1) is 18.3 Å². The van der Waals surface area contributed by atoms with E-state index < -0.39 is 0 Å². The summed E-state index contributed by atoms with van der Waals surface area (Å²) >= 11 is 0. The van der Waals surface area contributed by atoms with Gasteiger partial charge in [-0.3, -0.25) is 0 Å². The van der Waals surface area contributed by atoms with Crippen molar-refractivity contribution in [3.8, 4) is 5.69 Å². The van der Waals surface area contributed by atoms with E-state index in [-0.39, 0.29) is 24.0 Å². The van der Waals surface area contributed by atoms with Crippen LogP contribution in [0, 0.1) is 0 Å². The number of hydrogen-bond donors (Lipinski definition) is 1. The van der Waals surface area contributed by atoms with E-state index in [1.165, 1.54) is 5.56 Å². The van der Waals surface area contributed by atoms with E-state index in [0.717, 1.165) is 63.8 Å². The zero-order valence-corrected chi connectivity index (χ0v) is 20.3. The van der Waals surface area contributed by atoms with E-state index in [0.29, 0.717) is 12.6 Å². The number of piperidine rings is 1. The number of hydrogen-bond acceptors (Lipinski definition) is 4. The zero-order valence-electron chi connectivity index (χ0n) is 18.0. The summed E-state index contributed by atoms with van der Waals surface area (Å²) in [6.07, 6.45) is 7.11. The van der Waals surface area contributed by atoms with Crippen molar-refractivity contribution in [2.24, 2.45) is 4.99 Å². The van der Waals surface area contributed by atoms with Crippen molar-refractivity contribution in [1.82, 2.24) is 20.0 Å². The molecule has 3 rings (SSSR count). The highest BCUT2D eigenvalue weighted by Gasteiger charge is 2.21. The molecule has 166 valence electrons. The number of nitrogens with one attached hydrogen (secondary N) is 1. The van der Waals surface area contributed by atoms with Crippen LogP contribution in [0.4, 0.5) is 0 Å². The Morgan fingerprint density at radius 2 is 2.07 bits per heavy atom. The number of aliphatic imine (C=N–C) groups is 1. The van der Waals surface area contributed by atoms with Crippen LogP contribution < -0.4 is 5.32 Å². The summed E-state index contributed by atoms with van der Waals surface area (Å²) in [6.45, 7) is 7.09. The first kappa shape index (κ1) is 24.6. The summed E-state index contributed by atoms with van der Waals surface area (Å²) in [5.41, 5.74) is 2.23. The molecule has 1 aromatic heterocycles. The lowest BCUT2D eigenvalue weighted by Gasteiger charge is -2.34. The van der Waals surface area contributed by atoms with Crippen LogP contribution in [0.25, 0.3) is 5.69 Å². The SMILES string of the molecule is CCNC(=NCc1cccc(-n2cccn2)c1)N1CCC(OCCCOC)CC1.I. The Labute approximate surface area is 196 Å². The molecular weight excluding hydrogens is 493 g/mol. The highest BCUT2D eigenvalue weighted by Crippen LogP contribution is 2.15. The van der Waals surface area contributed by atoms with E-state index in [9.17, 15) is 0 Å². The minimum atomic E-state index is 0. The Hall–Kier alpha value is -1.65. The molecule has 0 atom stereocenters. The quantitative estimate of drug-likeness (QED) is 0.234. The van der Waals surface area contributed by atoms with Crippen LogP contribution in [0.1, 0.15) is 31.7 Å². The molecule has 0 aliphatic carbocycles. The van der Waals surface area contributed by atoms with Crippen molar-refractivity contribution in [2.75, 3.05) is 40.0 Å². The molecule has 0 spiro atoms. The summed E-state index contributed by atoms with van der Waals surface area (Å²) < 4.78 is 12.9. The van der Waals surface area contributed by atoms with Gasteiger partial charge in [0.15, 0.2) is 5.96 Å². The molecule has 0 saturated carbocycles. The average Bonchev–Trinajstić information content (AvgIpc) is 3.30. The molecule has 8 heteroatoms. The molecule has 1 saturated heterocycles. The molecule has 0 amide bonds. The summed E-state index contributed by atoms with van der Waals surface area (Å²) in [7, 11) is 1.73. The minimum Gasteiger partial charge on any atom is -0.385 e. The third-order valence-corrected chi connectivity index (χ3v) is 5.01. The van der Waals surface area contributed by atoms with Gasteiger partial charge in [-0.1, -0.05) is 12.1 Å². The number of guanidine groups is 1. The van der Waals surface area contributed by atoms with Gasteiger partial charge in [-0.2, -0.15) is 5.10 Å². The van der Waals surface area contributed by atoms with Gasteiger partial charge in [-0.25, -0.2) is 9.67 Å². The zero-order chi connectivity index (χ0) is 20.3. The standard InChI is InChI=1S/C22H33N5O2.HI/c1-3-23-22(26-13-9-21(10-14-26)29-16-6-15-28-2)24-18-19-7-4-8-20(17-19)27-12-5-11-25-27;/h4-5,7-8,11-12,17,21H,3,6,9-10,13-16,18H2,1-2H3,(H,23,24);1H. The van der Waals surface area contributed by atoms with Crippen molar-refractivity contribution in [3.63, 3.8) is 0 Å². The molecule has 0 radical (unpaired) electrons. The summed E-state index contributed by atoms with van der Waals surface area (Å²) in [6, 6.07) is 10.3. The molecule has 2 heterocycles. The van der Waals surface area contributed by atoms with E-state index in [4.69, 9.17) is 14.5 Å². The van der Waals surface area contributed by atoms with Crippen LogP contribution in [0.5, 0.6) is 0 Å². The number of ether oxygens (including phenoxy) is 2. The summed E-state index contributed by atoms with van der Waals surface area (Å²) in [5.74, 6) is 0.981. The van der Waals surface area contributed by atoms with E-state index in [1.807, 2.05) is 16.9 Å². The fraction of sp³-hybridized carbons (Fsp3) is 0.545. The first-order chi connectivity index (χ1) is 14.3. The predicted molar refractivity (Wildman–Crippen MR) is 131 cm³/mol. The number of aromatic nitrogens is 2. The Balaban J connectivity index is 0.00000320. The normalized spacial score (nSPS) is 15.1. The van der Waals surface area contributed by atoms with Crippen LogP contribution in [0.2, 0.25) is 0 Å². The lowest BCUT2D eigenvalue weighted by atomic mass is 10.1. The molecule has 1 aliphatic rings. The molecule has 1 fully saturated rings. The fourth-order valence-corrected chi connectivity index (χ4v) is 3.50. The largest absolute Gasteiger partial charge is 0.385 e. The number of rotatable bonds is 9. The van der Waals surface area contributed by atoms with Crippen LogP contribution in [-0.2, 0) is 16.0 Å². The first-order valence-corrected chi connectivity index (χ1v) is 10.5. The van der Waals surface area contributed by atoms with Crippen LogP contribution in [0.3, 0.4) is 0 Å². The Morgan fingerprint density at radius 1 is 1.23 bits per heavy atom. The Bertz CT molecular complexity index is 746. The third-order valence-electron chi connectivity index (χ3n) is 5.01. The molecular formula is C22H34IN5O2. The minimum absolute atomic E-state index is 0. The van der Waals surface area contributed by atoms with Crippen molar-refractivity contribution >= 4 is 29.9 Å². The second-order valence-electron chi connectivity index (χ2n) is 7.19. The van der Waals surface area contributed by atoms with Gasteiger partial charge in [0.25, 0.3) is 0 Å². The molecule has 1 aliphatic heterocycles. The number of halogens is 1. The van der Waals surface area contributed by atoms with Gasteiger partial charge in [-0.05, 0) is 49.9 Å². The maximum absolute atomic E-state index is 5.98. The van der Waals surface area contributed by atoms with Gasteiger partial charge in [0.1, 0.15) is 0 Å². The third kappa shape index (κ3) is 7.55. The monoisotopic (exact) mass is 527 g/mol. The second-order valence-corrected chi connectivity index (χ2v) is 7.19. The second kappa shape index (κ2) is 13.6. The number of benzene rings is 1. The van der Waals surface area contributed by atoms with Crippen molar-refractivity contribution < 1.29 is 9.47 Å². The maximum atomic E-state index is 5.98. The van der Waals surface area contributed by atoms with Gasteiger partial charge in [-0.15, -0.1) is 24.0 Å². The smallest absolute Gasteiger partial charge is 0.194 e. The Morgan fingerprint density at radius 3 is 2.77 bits per heavy atom. The van der Waals surface area contributed by atoms with Crippen molar-refractivity contribution in [3.05, 3.63) is 48.3 Å². The molecule has 0 unspecified atom stereocenters. The number of likely N-dealkylation sites (tertiary alicyclic amines) is 1. The van der Waals surface area contributed by atoms with E-state index >= 15 is 0 Å². The topological polar surface area (TPSA) is 63.9 Å². The predicted octanol–water partition coefficient (Wildman–Crippen LogP) is 3.47. The van der Waals surface area contributed by atoms with E-state index in [1.54, 1.807) is 13.3 Å². The van der Waals surface area contributed by atoms with Crippen LogP contribution >= 0.6 is 24.0 Å². The van der Waals surface area contributed by atoms with Gasteiger partial charge < -0.3 is 19.7 Å². The van der Waals surface area contributed by atoms with Gasteiger partial charge >= 0.3 is 0 Å². The number of methoxy groups -OCH3 is 1. The maximum Gasteiger partial charge on any atom is 0.194 e.